The van der Waals surface area contributed by atoms with Crippen molar-refractivity contribution in [2.45, 2.75) is 32.2 Å². The number of amides is 3. The van der Waals surface area contributed by atoms with E-state index in [-0.39, 0.29) is 30.0 Å². The van der Waals surface area contributed by atoms with Crippen LogP contribution in [0, 0.1) is 6.92 Å². The number of carboxylic acid groups (broad SMARTS) is 1. The molecule has 4 N–H and O–H groups in total. The second-order valence-corrected chi connectivity index (χ2v) is 9.25. The van der Waals surface area contributed by atoms with Crippen LogP contribution in [0.15, 0.2) is 66.7 Å². The van der Waals surface area contributed by atoms with Gasteiger partial charge >= 0.3 is 12.0 Å². The van der Waals surface area contributed by atoms with Crippen LogP contribution in [0.4, 0.5) is 21.9 Å². The number of nitrogens with one attached hydrogen (secondary N) is 3. The molecule has 4 rings (SSSR count). The van der Waals surface area contributed by atoms with Crippen LogP contribution < -0.4 is 20.7 Å². The Morgan fingerprint density at radius 1 is 1.00 bits per heavy atom. The summed E-state index contributed by atoms with van der Waals surface area (Å²) in [6, 6.07) is 19.1. The number of ether oxygens (including phenoxy) is 1. The minimum atomic E-state index is -0.963. The number of carbonyl (C=O) groups is 3. The van der Waals surface area contributed by atoms with Gasteiger partial charge in [-0.3, -0.25) is 4.79 Å². The van der Waals surface area contributed by atoms with Gasteiger partial charge in [-0.2, -0.15) is 0 Å². The molecule has 3 aromatic carbocycles. The summed E-state index contributed by atoms with van der Waals surface area (Å²) in [6.07, 6.45) is 2.04. The molecule has 0 bridgehead atoms. The molecule has 3 aromatic rings. The van der Waals surface area contributed by atoms with Crippen molar-refractivity contribution in [3.63, 3.8) is 0 Å². The van der Waals surface area contributed by atoms with Crippen LogP contribution in [-0.4, -0.2) is 54.2 Å². The first-order valence-electron chi connectivity index (χ1n) is 12.5. The molecule has 0 aromatic heterocycles. The van der Waals surface area contributed by atoms with Gasteiger partial charge in [0.25, 0.3) is 0 Å². The van der Waals surface area contributed by atoms with E-state index in [2.05, 4.69) is 16.0 Å². The van der Waals surface area contributed by atoms with Crippen molar-refractivity contribution >= 4 is 35.0 Å². The van der Waals surface area contributed by atoms with Crippen LogP contribution in [-0.2, 0) is 11.2 Å². The number of rotatable bonds is 9. The van der Waals surface area contributed by atoms with Gasteiger partial charge in [0.1, 0.15) is 5.75 Å². The van der Waals surface area contributed by atoms with Crippen LogP contribution in [0.3, 0.4) is 0 Å². The fourth-order valence-corrected chi connectivity index (χ4v) is 4.56. The maximum atomic E-state index is 13.2. The van der Waals surface area contributed by atoms with E-state index < -0.39 is 5.97 Å². The van der Waals surface area contributed by atoms with Crippen LogP contribution in [0.5, 0.6) is 5.75 Å². The molecule has 1 saturated heterocycles. The number of anilines is 3. The molecule has 9 heteroatoms. The third-order valence-electron chi connectivity index (χ3n) is 6.63. The molecule has 1 aliphatic rings. The van der Waals surface area contributed by atoms with Crippen LogP contribution >= 0.6 is 0 Å². The fourth-order valence-electron chi connectivity index (χ4n) is 4.56. The highest BCUT2D eigenvalue weighted by Gasteiger charge is 2.28. The van der Waals surface area contributed by atoms with Gasteiger partial charge in [-0.1, -0.05) is 24.3 Å². The standard InChI is InChI=1S/C29H32N4O5/c1-19-6-3-4-8-24(19)31-29(37)32-25-14-9-20(16-26(25)38-2)17-27(34)33-15-5-7-23(33)18-30-22-12-10-21(11-13-22)28(35)36/h3-4,6,8-14,16,23,30H,5,7,15,17-18H2,1-2H3,(H,35,36)(H2,31,32,37)/t23-/m0/s1. The number of hydrogen-bond donors (Lipinski definition) is 4. The average Bonchev–Trinajstić information content (AvgIpc) is 3.39. The van der Waals surface area contributed by atoms with Gasteiger partial charge in [0, 0.05) is 30.5 Å². The van der Waals surface area contributed by atoms with Crippen molar-refractivity contribution in [3.05, 3.63) is 83.4 Å². The summed E-state index contributed by atoms with van der Waals surface area (Å²) in [5.41, 5.74) is 4.02. The molecule has 1 atom stereocenters. The third kappa shape index (κ3) is 6.61. The Kier molecular flexibility index (Phi) is 8.47. The highest BCUT2D eigenvalue weighted by atomic mass is 16.5. The number of para-hydroxylation sites is 1. The second-order valence-electron chi connectivity index (χ2n) is 9.25. The zero-order valence-corrected chi connectivity index (χ0v) is 21.5. The number of aryl methyl sites for hydroxylation is 1. The largest absolute Gasteiger partial charge is 0.495 e. The molecular formula is C29H32N4O5. The van der Waals surface area contributed by atoms with Crippen molar-refractivity contribution in [3.8, 4) is 5.75 Å². The van der Waals surface area contributed by atoms with Crippen LogP contribution in [0.25, 0.3) is 0 Å². The van der Waals surface area contributed by atoms with E-state index in [1.165, 1.54) is 7.11 Å². The number of methoxy groups -OCH3 is 1. The lowest BCUT2D eigenvalue weighted by Gasteiger charge is -2.25. The molecule has 0 saturated carbocycles. The topological polar surface area (TPSA) is 120 Å². The fraction of sp³-hybridized carbons (Fsp3) is 0.276. The Balaban J connectivity index is 1.34. The molecule has 0 unspecified atom stereocenters. The molecule has 198 valence electrons. The van der Waals surface area contributed by atoms with E-state index >= 15 is 0 Å². The quantitative estimate of drug-likeness (QED) is 0.318. The van der Waals surface area contributed by atoms with E-state index in [0.29, 0.717) is 24.5 Å². The van der Waals surface area contributed by atoms with Crippen molar-refractivity contribution in [2.24, 2.45) is 0 Å². The lowest BCUT2D eigenvalue weighted by atomic mass is 10.1. The van der Waals surface area contributed by atoms with E-state index in [0.717, 1.165) is 35.3 Å². The summed E-state index contributed by atoms with van der Waals surface area (Å²) in [7, 11) is 1.52. The monoisotopic (exact) mass is 516 g/mol. The number of urea groups is 1. The molecule has 0 radical (unpaired) electrons. The van der Waals surface area contributed by atoms with Gasteiger partial charge in [0.2, 0.25) is 5.91 Å². The summed E-state index contributed by atoms with van der Waals surface area (Å²) < 4.78 is 5.49. The highest BCUT2D eigenvalue weighted by Crippen LogP contribution is 2.27. The summed E-state index contributed by atoms with van der Waals surface area (Å²) in [5.74, 6) is -0.467. The number of benzene rings is 3. The Bertz CT molecular complexity index is 1310. The lowest BCUT2D eigenvalue weighted by Crippen LogP contribution is -2.40. The van der Waals surface area contributed by atoms with E-state index in [1.54, 1.807) is 36.4 Å². The van der Waals surface area contributed by atoms with Crippen molar-refractivity contribution in [2.75, 3.05) is 36.1 Å². The van der Waals surface area contributed by atoms with Gasteiger partial charge < -0.3 is 30.7 Å². The van der Waals surface area contributed by atoms with Crippen LogP contribution in [0.1, 0.15) is 34.3 Å². The Morgan fingerprint density at radius 3 is 2.45 bits per heavy atom. The number of carbonyl (C=O) groups excluding carboxylic acids is 2. The minimum absolute atomic E-state index is 0.0237. The normalized spacial score (nSPS) is 14.6. The van der Waals surface area contributed by atoms with Crippen molar-refractivity contribution in [1.29, 1.82) is 0 Å². The molecule has 9 nitrogen and oxygen atoms in total. The smallest absolute Gasteiger partial charge is 0.335 e. The summed E-state index contributed by atoms with van der Waals surface area (Å²) in [6.45, 7) is 3.20. The Hall–Kier alpha value is -4.53. The first-order chi connectivity index (χ1) is 18.3. The SMILES string of the molecule is COc1cc(CC(=O)N2CCC[C@H]2CNc2ccc(C(=O)O)cc2)ccc1NC(=O)Nc1ccccc1C. The van der Waals surface area contributed by atoms with Crippen molar-refractivity contribution in [1.82, 2.24) is 4.90 Å². The van der Waals surface area contributed by atoms with Gasteiger partial charge in [-0.05, 0) is 73.4 Å². The highest BCUT2D eigenvalue weighted by molar-refractivity contribution is 6.01. The molecule has 1 aliphatic heterocycles. The van der Waals surface area contributed by atoms with Crippen LogP contribution in [0.2, 0.25) is 0 Å². The molecule has 1 heterocycles. The molecule has 3 amide bonds. The average molecular weight is 517 g/mol. The first-order valence-corrected chi connectivity index (χ1v) is 12.5. The predicted octanol–water partition coefficient (Wildman–Crippen LogP) is 4.99. The maximum absolute atomic E-state index is 13.2. The number of aromatic carboxylic acids is 1. The molecule has 38 heavy (non-hydrogen) atoms. The second kappa shape index (κ2) is 12.1. The number of hydrogen-bond acceptors (Lipinski definition) is 5. The Morgan fingerprint density at radius 2 is 1.74 bits per heavy atom. The third-order valence-corrected chi connectivity index (χ3v) is 6.63. The zero-order valence-electron chi connectivity index (χ0n) is 21.5. The summed E-state index contributed by atoms with van der Waals surface area (Å²) in [4.78, 5) is 38.6. The first kappa shape index (κ1) is 26.5. The molecular weight excluding hydrogens is 484 g/mol. The Labute approximate surface area is 221 Å². The lowest BCUT2D eigenvalue weighted by molar-refractivity contribution is -0.131. The van der Waals surface area contributed by atoms with E-state index in [9.17, 15) is 14.4 Å². The summed E-state index contributed by atoms with van der Waals surface area (Å²) in [5, 5.41) is 18.0. The van der Waals surface area contributed by atoms with Gasteiger partial charge in [-0.15, -0.1) is 0 Å². The number of nitrogens with zero attached hydrogens (tertiary/aromatic N) is 1. The molecule has 0 aliphatic carbocycles. The molecule has 1 fully saturated rings. The summed E-state index contributed by atoms with van der Waals surface area (Å²) >= 11 is 0. The van der Waals surface area contributed by atoms with Gasteiger partial charge in [0.05, 0.1) is 24.8 Å². The van der Waals surface area contributed by atoms with Crippen molar-refractivity contribution < 1.29 is 24.2 Å². The van der Waals surface area contributed by atoms with Gasteiger partial charge in [0.15, 0.2) is 0 Å². The maximum Gasteiger partial charge on any atom is 0.335 e. The minimum Gasteiger partial charge on any atom is -0.495 e. The zero-order chi connectivity index (χ0) is 27.1. The van der Waals surface area contributed by atoms with Gasteiger partial charge in [-0.25, -0.2) is 9.59 Å². The molecule has 0 spiro atoms. The number of carboxylic acids is 1. The van der Waals surface area contributed by atoms with E-state index in [4.69, 9.17) is 9.84 Å². The number of likely N-dealkylation sites (tertiary alicyclic amines) is 1. The predicted molar refractivity (Wildman–Crippen MR) is 147 cm³/mol. The van der Waals surface area contributed by atoms with E-state index in [1.807, 2.05) is 42.2 Å².